The molecule has 0 saturated heterocycles. The highest BCUT2D eigenvalue weighted by molar-refractivity contribution is 6.19. The Bertz CT molecular complexity index is 195. The molecule has 0 unspecified atom stereocenters. The van der Waals surface area contributed by atoms with Gasteiger partial charge < -0.3 is 0 Å². The molecule has 0 fully saturated rings. The summed E-state index contributed by atoms with van der Waals surface area (Å²) in [4.78, 5) is 0. The van der Waals surface area contributed by atoms with Crippen LogP contribution in [0.15, 0.2) is 28.9 Å². The van der Waals surface area contributed by atoms with Crippen molar-refractivity contribution in [1.82, 2.24) is 5.01 Å². The van der Waals surface area contributed by atoms with Gasteiger partial charge in [0.25, 0.3) is 0 Å². The third-order valence-corrected chi connectivity index (χ3v) is 1.25. The van der Waals surface area contributed by atoms with E-state index in [2.05, 4.69) is 11.7 Å². The molecule has 0 aromatic rings. The summed E-state index contributed by atoms with van der Waals surface area (Å²) in [6.07, 6.45) is 1.69. The molecule has 0 aliphatic carbocycles. The molecule has 0 atom stereocenters. The van der Waals surface area contributed by atoms with Gasteiger partial charge in [0.2, 0.25) is 0 Å². The molecular weight excluding hydrogens is 159 g/mol. The molecule has 0 aromatic carbocycles. The van der Waals surface area contributed by atoms with E-state index in [4.69, 9.17) is 7.85 Å². The van der Waals surface area contributed by atoms with E-state index in [1.807, 2.05) is 34.7 Å². The monoisotopic (exact) mass is 178 g/mol. The first-order valence-electron chi connectivity index (χ1n) is 4.39. The second kappa shape index (κ2) is 9.11. The van der Waals surface area contributed by atoms with Gasteiger partial charge in [0.1, 0.15) is 7.85 Å². The average Bonchev–Trinajstić information content (AvgIpc) is 2.16. The third kappa shape index (κ3) is 8.93. The van der Waals surface area contributed by atoms with Crippen LogP contribution in [0, 0.1) is 0 Å². The summed E-state index contributed by atoms with van der Waals surface area (Å²) in [6, 6.07) is 0. The topological polar surface area (TPSA) is 15.6 Å². The predicted octanol–water partition coefficient (Wildman–Crippen LogP) is 2.54. The summed E-state index contributed by atoms with van der Waals surface area (Å²) in [6.45, 7) is 11.5. The zero-order valence-electron chi connectivity index (χ0n) is 9.33. The Balaban J connectivity index is 0. The molecule has 0 aromatic heterocycles. The zero-order chi connectivity index (χ0) is 10.9. The summed E-state index contributed by atoms with van der Waals surface area (Å²) in [5, 5.41) is 5.74. The fourth-order valence-electron chi connectivity index (χ4n) is 0.319. The lowest BCUT2D eigenvalue weighted by molar-refractivity contribution is 0.452. The van der Waals surface area contributed by atoms with Gasteiger partial charge in [0, 0.05) is 19.0 Å². The van der Waals surface area contributed by atoms with Crippen molar-refractivity contribution in [3.63, 3.8) is 0 Å². The molecule has 0 bridgehead atoms. The second-order valence-corrected chi connectivity index (χ2v) is 2.41. The van der Waals surface area contributed by atoms with Crippen molar-refractivity contribution in [3.05, 3.63) is 23.8 Å². The first-order valence-corrected chi connectivity index (χ1v) is 4.39. The third-order valence-electron chi connectivity index (χ3n) is 1.25. The van der Waals surface area contributed by atoms with Crippen molar-refractivity contribution < 1.29 is 0 Å². The standard InChI is InChI=1S/C8H13BN2.C2H6/c1-7(2)11(4)10-6-8(3)5-9;1-2/h5-6H,1H2,2-4H3;1-2H3/b8-5+,10-6-;. The van der Waals surface area contributed by atoms with E-state index in [1.165, 1.54) is 5.98 Å². The fourth-order valence-corrected chi connectivity index (χ4v) is 0.319. The molecule has 2 nitrogen and oxygen atoms in total. The van der Waals surface area contributed by atoms with E-state index in [-0.39, 0.29) is 0 Å². The van der Waals surface area contributed by atoms with Gasteiger partial charge in [-0.15, -0.1) is 5.98 Å². The van der Waals surface area contributed by atoms with Crippen LogP contribution in [-0.4, -0.2) is 26.1 Å². The SMILES string of the molecule is CC.[B]/C=C(C)/C=N\N(C)C(=C)C. The minimum atomic E-state index is 0.895. The van der Waals surface area contributed by atoms with Gasteiger partial charge in [0.15, 0.2) is 0 Å². The quantitative estimate of drug-likeness (QED) is 0.368. The van der Waals surface area contributed by atoms with Gasteiger partial charge in [-0.2, -0.15) is 5.10 Å². The van der Waals surface area contributed by atoms with Crippen LogP contribution in [-0.2, 0) is 0 Å². The summed E-state index contributed by atoms with van der Waals surface area (Å²) >= 11 is 0. The van der Waals surface area contributed by atoms with Gasteiger partial charge >= 0.3 is 0 Å². The number of allylic oxidation sites excluding steroid dienone is 2. The normalized spacial score (nSPS) is 10.7. The molecule has 72 valence electrons. The van der Waals surface area contributed by atoms with Crippen molar-refractivity contribution in [3.8, 4) is 0 Å². The smallest absolute Gasteiger partial charge is 0.103 e. The number of hydrogen-bond donors (Lipinski definition) is 0. The first-order chi connectivity index (χ1) is 6.07. The van der Waals surface area contributed by atoms with Crippen molar-refractivity contribution >= 4 is 14.1 Å². The van der Waals surface area contributed by atoms with Crippen molar-refractivity contribution in [1.29, 1.82) is 0 Å². The predicted molar refractivity (Wildman–Crippen MR) is 61.9 cm³/mol. The molecule has 0 spiro atoms. The lowest BCUT2D eigenvalue weighted by Gasteiger charge is -2.10. The summed E-state index contributed by atoms with van der Waals surface area (Å²) in [5.41, 5.74) is 1.82. The van der Waals surface area contributed by atoms with Crippen LogP contribution >= 0.6 is 0 Å². The Labute approximate surface area is 83.4 Å². The molecule has 2 radical (unpaired) electrons. The molecule has 0 rings (SSSR count). The van der Waals surface area contributed by atoms with Crippen LogP contribution < -0.4 is 0 Å². The highest BCUT2D eigenvalue weighted by Gasteiger charge is 1.88. The maximum absolute atomic E-state index is 5.24. The van der Waals surface area contributed by atoms with Gasteiger partial charge in [0.05, 0.1) is 0 Å². The van der Waals surface area contributed by atoms with Crippen LogP contribution in [0.5, 0.6) is 0 Å². The van der Waals surface area contributed by atoms with Crippen LogP contribution in [0.4, 0.5) is 0 Å². The number of hydrogen-bond acceptors (Lipinski definition) is 2. The van der Waals surface area contributed by atoms with E-state index >= 15 is 0 Å². The molecule has 0 heterocycles. The van der Waals surface area contributed by atoms with Crippen LogP contribution in [0.1, 0.15) is 27.7 Å². The van der Waals surface area contributed by atoms with Crippen LogP contribution in [0.25, 0.3) is 0 Å². The Morgan fingerprint density at radius 3 is 2.15 bits per heavy atom. The van der Waals surface area contributed by atoms with Crippen molar-refractivity contribution in [2.75, 3.05) is 7.05 Å². The largest absolute Gasteiger partial charge is 0.274 e. The summed E-state index contributed by atoms with van der Waals surface area (Å²) in [7, 11) is 7.08. The molecule has 3 heteroatoms. The molecule has 0 saturated carbocycles. The number of rotatable bonds is 3. The number of nitrogens with zero attached hydrogens (tertiary/aromatic N) is 2. The first kappa shape index (κ1) is 14.5. The fraction of sp³-hybridized carbons (Fsp3) is 0.500. The second-order valence-electron chi connectivity index (χ2n) is 2.41. The Morgan fingerprint density at radius 1 is 1.38 bits per heavy atom. The average molecular weight is 178 g/mol. The van der Waals surface area contributed by atoms with E-state index < -0.39 is 0 Å². The summed E-state index contributed by atoms with van der Waals surface area (Å²) in [5.74, 6) is 1.51. The Morgan fingerprint density at radius 2 is 1.85 bits per heavy atom. The highest BCUT2D eigenvalue weighted by atomic mass is 15.4. The minimum Gasteiger partial charge on any atom is -0.274 e. The van der Waals surface area contributed by atoms with E-state index in [0.29, 0.717) is 0 Å². The maximum atomic E-state index is 5.24. The Hall–Kier alpha value is -0.985. The molecule has 0 aliphatic rings. The highest BCUT2D eigenvalue weighted by Crippen LogP contribution is 1.96. The van der Waals surface area contributed by atoms with Gasteiger partial charge in [-0.05, 0) is 19.4 Å². The lowest BCUT2D eigenvalue weighted by Crippen LogP contribution is -2.06. The maximum Gasteiger partial charge on any atom is 0.103 e. The molecule has 0 amide bonds. The lowest BCUT2D eigenvalue weighted by atomic mass is 10.1. The van der Waals surface area contributed by atoms with Crippen molar-refractivity contribution in [2.45, 2.75) is 27.7 Å². The van der Waals surface area contributed by atoms with E-state index in [9.17, 15) is 0 Å². The zero-order valence-corrected chi connectivity index (χ0v) is 9.33. The van der Waals surface area contributed by atoms with Crippen LogP contribution in [0.3, 0.4) is 0 Å². The molecule has 13 heavy (non-hydrogen) atoms. The number of hydrazone groups is 1. The summed E-state index contributed by atoms with van der Waals surface area (Å²) < 4.78 is 0. The molecule has 0 aliphatic heterocycles. The molecule has 0 N–H and O–H groups in total. The minimum absolute atomic E-state index is 0.895. The van der Waals surface area contributed by atoms with Crippen LogP contribution in [0.2, 0.25) is 0 Å². The Kier molecular flexibility index (Phi) is 10.2. The van der Waals surface area contributed by atoms with E-state index in [1.54, 1.807) is 11.2 Å². The van der Waals surface area contributed by atoms with Gasteiger partial charge in [-0.25, -0.2) is 0 Å². The van der Waals surface area contributed by atoms with Gasteiger partial charge in [-0.3, -0.25) is 5.01 Å². The molecular formula is C10H19BN2. The van der Waals surface area contributed by atoms with E-state index in [0.717, 1.165) is 11.3 Å². The van der Waals surface area contributed by atoms with Gasteiger partial charge in [-0.1, -0.05) is 20.4 Å². The van der Waals surface area contributed by atoms with Crippen molar-refractivity contribution in [2.24, 2.45) is 5.10 Å².